The minimum Gasteiger partial charge on any atom is -0.396 e. The second kappa shape index (κ2) is 13.6. The first-order valence-electron chi connectivity index (χ1n) is 9.94. The lowest BCUT2D eigenvalue weighted by Gasteiger charge is -2.28. The van der Waals surface area contributed by atoms with Gasteiger partial charge in [0.25, 0.3) is 0 Å². The van der Waals surface area contributed by atoms with Crippen molar-refractivity contribution < 1.29 is 9.90 Å². The van der Waals surface area contributed by atoms with Crippen LogP contribution in [-0.4, -0.2) is 41.8 Å². The van der Waals surface area contributed by atoms with Crippen molar-refractivity contribution in [3.8, 4) is 0 Å². The molecular weight excluding hydrogens is 288 g/mol. The molecule has 4 heteroatoms. The molecule has 4 nitrogen and oxygen atoms in total. The van der Waals surface area contributed by atoms with Gasteiger partial charge < -0.3 is 15.3 Å². The van der Waals surface area contributed by atoms with Gasteiger partial charge in [0.05, 0.1) is 0 Å². The first-order valence-corrected chi connectivity index (χ1v) is 9.94. The van der Waals surface area contributed by atoms with Gasteiger partial charge in [-0.2, -0.15) is 0 Å². The number of carbonyl (C=O) groups excluding carboxylic acids is 1. The molecule has 1 saturated carbocycles. The summed E-state index contributed by atoms with van der Waals surface area (Å²) >= 11 is 0. The van der Waals surface area contributed by atoms with E-state index in [0.29, 0.717) is 6.04 Å². The Balaban J connectivity index is 2.32. The van der Waals surface area contributed by atoms with E-state index in [2.05, 4.69) is 12.2 Å². The minimum absolute atomic E-state index is 0.136. The van der Waals surface area contributed by atoms with Crippen LogP contribution in [0.25, 0.3) is 0 Å². The molecule has 0 radical (unpaired) electrons. The van der Waals surface area contributed by atoms with Crippen molar-refractivity contribution in [1.82, 2.24) is 10.2 Å². The molecule has 136 valence electrons. The molecule has 1 rings (SSSR count). The summed E-state index contributed by atoms with van der Waals surface area (Å²) in [6, 6.07) is 0.521. The number of aliphatic hydroxyl groups excluding tert-OH is 1. The molecule has 2 amide bonds. The zero-order valence-electron chi connectivity index (χ0n) is 15.2. The largest absolute Gasteiger partial charge is 0.396 e. The summed E-state index contributed by atoms with van der Waals surface area (Å²) in [4.78, 5) is 14.6. The summed E-state index contributed by atoms with van der Waals surface area (Å²) < 4.78 is 0. The van der Waals surface area contributed by atoms with Crippen molar-refractivity contribution >= 4 is 6.03 Å². The van der Waals surface area contributed by atoms with Crippen LogP contribution in [0.1, 0.15) is 90.4 Å². The third-order valence-electron chi connectivity index (χ3n) is 4.84. The highest BCUT2D eigenvalue weighted by Gasteiger charge is 2.19. The molecule has 1 fully saturated rings. The van der Waals surface area contributed by atoms with Crippen molar-refractivity contribution in [3.05, 3.63) is 0 Å². The second-order valence-electron chi connectivity index (χ2n) is 6.97. The van der Waals surface area contributed by atoms with Crippen LogP contribution in [-0.2, 0) is 0 Å². The molecule has 0 unspecified atom stereocenters. The number of hydrogen-bond acceptors (Lipinski definition) is 2. The van der Waals surface area contributed by atoms with Crippen LogP contribution < -0.4 is 5.32 Å². The van der Waals surface area contributed by atoms with Crippen molar-refractivity contribution in [3.63, 3.8) is 0 Å². The number of aliphatic hydroxyl groups is 1. The van der Waals surface area contributed by atoms with Crippen LogP contribution in [0, 0.1) is 0 Å². The zero-order chi connectivity index (χ0) is 16.8. The fourth-order valence-electron chi connectivity index (χ4n) is 3.33. The number of hydrogen-bond donors (Lipinski definition) is 2. The van der Waals surface area contributed by atoms with Gasteiger partial charge in [-0.1, -0.05) is 51.9 Å². The van der Waals surface area contributed by atoms with E-state index in [0.717, 1.165) is 51.6 Å². The quantitative estimate of drug-likeness (QED) is 0.520. The number of amides is 2. The summed E-state index contributed by atoms with van der Waals surface area (Å²) in [5.74, 6) is 0. The third kappa shape index (κ3) is 9.85. The molecule has 0 aromatic rings. The van der Waals surface area contributed by atoms with Gasteiger partial charge in [-0.05, 0) is 38.5 Å². The average molecular weight is 327 g/mol. The summed E-state index contributed by atoms with van der Waals surface area (Å²) in [5, 5.41) is 12.1. The van der Waals surface area contributed by atoms with Gasteiger partial charge >= 0.3 is 6.03 Å². The zero-order valence-corrected chi connectivity index (χ0v) is 15.2. The maximum atomic E-state index is 12.6. The van der Waals surface area contributed by atoms with Crippen LogP contribution in [0.2, 0.25) is 0 Å². The van der Waals surface area contributed by atoms with E-state index in [9.17, 15) is 4.79 Å². The molecule has 0 spiro atoms. The maximum absolute atomic E-state index is 12.6. The fraction of sp³-hybridized carbons (Fsp3) is 0.947. The van der Waals surface area contributed by atoms with Crippen molar-refractivity contribution in [1.29, 1.82) is 0 Å². The first-order chi connectivity index (χ1) is 11.3. The SMILES string of the molecule is CCCCCCCN(CCCCCO)C(=O)NC1CCCCC1. The van der Waals surface area contributed by atoms with Crippen LogP contribution in [0.15, 0.2) is 0 Å². The van der Waals surface area contributed by atoms with E-state index in [1.165, 1.54) is 44.9 Å². The lowest BCUT2D eigenvalue weighted by atomic mass is 9.96. The predicted octanol–water partition coefficient (Wildman–Crippen LogP) is 4.46. The van der Waals surface area contributed by atoms with Crippen LogP contribution >= 0.6 is 0 Å². The Labute approximate surface area is 143 Å². The van der Waals surface area contributed by atoms with Gasteiger partial charge in [-0.25, -0.2) is 4.79 Å². The normalized spacial score (nSPS) is 15.6. The molecule has 0 heterocycles. The molecule has 23 heavy (non-hydrogen) atoms. The Morgan fingerprint density at radius 3 is 2.17 bits per heavy atom. The van der Waals surface area contributed by atoms with Crippen LogP contribution in [0.3, 0.4) is 0 Å². The van der Waals surface area contributed by atoms with Gasteiger partial charge in [-0.3, -0.25) is 0 Å². The number of urea groups is 1. The van der Waals surface area contributed by atoms with Crippen molar-refractivity contribution in [2.24, 2.45) is 0 Å². The smallest absolute Gasteiger partial charge is 0.317 e. The van der Waals surface area contributed by atoms with E-state index >= 15 is 0 Å². The van der Waals surface area contributed by atoms with E-state index in [-0.39, 0.29) is 12.6 Å². The van der Waals surface area contributed by atoms with Gasteiger partial charge in [0.2, 0.25) is 0 Å². The summed E-state index contributed by atoms with van der Waals surface area (Å²) in [6.45, 7) is 4.18. The Morgan fingerprint density at radius 1 is 0.957 bits per heavy atom. The molecule has 0 aromatic heterocycles. The molecule has 0 bridgehead atoms. The highest BCUT2D eigenvalue weighted by atomic mass is 16.2. The lowest BCUT2D eigenvalue weighted by molar-refractivity contribution is 0.186. The monoisotopic (exact) mass is 326 g/mol. The second-order valence-corrected chi connectivity index (χ2v) is 6.97. The van der Waals surface area contributed by atoms with Crippen LogP contribution in [0.4, 0.5) is 4.79 Å². The topological polar surface area (TPSA) is 52.6 Å². The van der Waals surface area contributed by atoms with E-state index < -0.39 is 0 Å². The maximum Gasteiger partial charge on any atom is 0.317 e. The Morgan fingerprint density at radius 2 is 1.57 bits per heavy atom. The predicted molar refractivity (Wildman–Crippen MR) is 96.7 cm³/mol. The number of rotatable bonds is 12. The average Bonchev–Trinajstić information content (AvgIpc) is 2.57. The van der Waals surface area contributed by atoms with E-state index in [1.54, 1.807) is 0 Å². The van der Waals surface area contributed by atoms with Crippen molar-refractivity contribution in [2.45, 2.75) is 96.4 Å². The standard InChI is InChI=1S/C19H38N2O2/c1-2-3-4-5-10-15-21(16-11-7-12-17-22)19(23)20-18-13-8-6-9-14-18/h18,22H,2-17H2,1H3,(H,20,23). The summed E-state index contributed by atoms with van der Waals surface area (Å²) in [5.41, 5.74) is 0. The van der Waals surface area contributed by atoms with Gasteiger partial charge in [0, 0.05) is 25.7 Å². The first kappa shape index (κ1) is 20.3. The van der Waals surface area contributed by atoms with E-state index in [1.807, 2.05) is 4.90 Å². The van der Waals surface area contributed by atoms with E-state index in [4.69, 9.17) is 5.11 Å². The lowest BCUT2D eigenvalue weighted by Crippen LogP contribution is -2.46. The Bertz CT molecular complexity index is 291. The minimum atomic E-state index is 0.136. The third-order valence-corrected chi connectivity index (χ3v) is 4.84. The molecule has 2 N–H and O–H groups in total. The highest BCUT2D eigenvalue weighted by molar-refractivity contribution is 5.74. The molecule has 1 aliphatic carbocycles. The number of unbranched alkanes of at least 4 members (excludes halogenated alkanes) is 6. The number of carbonyl (C=O) groups is 1. The highest BCUT2D eigenvalue weighted by Crippen LogP contribution is 2.17. The van der Waals surface area contributed by atoms with Gasteiger partial charge in [-0.15, -0.1) is 0 Å². The summed E-state index contributed by atoms with van der Waals surface area (Å²) in [7, 11) is 0. The van der Waals surface area contributed by atoms with Crippen molar-refractivity contribution in [2.75, 3.05) is 19.7 Å². The Kier molecular flexibility index (Phi) is 12.0. The molecular formula is C19H38N2O2. The number of nitrogens with one attached hydrogen (secondary N) is 1. The number of nitrogens with zero attached hydrogens (tertiary/aromatic N) is 1. The fourth-order valence-corrected chi connectivity index (χ4v) is 3.33. The molecule has 0 atom stereocenters. The molecule has 0 aromatic carbocycles. The molecule has 0 saturated heterocycles. The Hall–Kier alpha value is -0.770. The van der Waals surface area contributed by atoms with Gasteiger partial charge in [0.1, 0.15) is 0 Å². The summed E-state index contributed by atoms with van der Waals surface area (Å²) in [6.07, 6.45) is 15.1. The van der Waals surface area contributed by atoms with Crippen LogP contribution in [0.5, 0.6) is 0 Å². The molecule has 1 aliphatic rings. The molecule has 0 aliphatic heterocycles. The van der Waals surface area contributed by atoms with Gasteiger partial charge in [0.15, 0.2) is 0 Å².